The number of thioether (sulfide) groups is 1. The number of benzene rings is 1. The molecule has 0 unspecified atom stereocenters. The first-order valence-corrected chi connectivity index (χ1v) is 10.5. The van der Waals surface area contributed by atoms with E-state index in [1.54, 1.807) is 0 Å². The molecule has 0 bridgehead atoms. The number of hydrogen-bond acceptors (Lipinski definition) is 5. The van der Waals surface area contributed by atoms with Crippen molar-refractivity contribution in [1.82, 2.24) is 5.32 Å². The molecule has 0 radical (unpaired) electrons. The van der Waals surface area contributed by atoms with E-state index in [9.17, 15) is 14.9 Å². The highest BCUT2D eigenvalue weighted by molar-refractivity contribution is 8.03. The van der Waals surface area contributed by atoms with Gasteiger partial charge < -0.3 is 10.6 Å². The van der Waals surface area contributed by atoms with E-state index in [2.05, 4.69) is 16.7 Å². The van der Waals surface area contributed by atoms with Gasteiger partial charge in [-0.25, -0.2) is 0 Å². The molecular formula is C20H19N3O2S2. The smallest absolute Gasteiger partial charge is 0.234 e. The van der Waals surface area contributed by atoms with Crippen LogP contribution >= 0.6 is 23.1 Å². The van der Waals surface area contributed by atoms with Crippen LogP contribution in [0.2, 0.25) is 0 Å². The first-order chi connectivity index (χ1) is 13.1. The second-order valence-corrected chi connectivity index (χ2v) is 7.99. The predicted molar refractivity (Wildman–Crippen MR) is 109 cm³/mol. The van der Waals surface area contributed by atoms with Crippen molar-refractivity contribution >= 4 is 40.6 Å². The molecule has 2 aromatic rings. The van der Waals surface area contributed by atoms with E-state index in [-0.39, 0.29) is 29.9 Å². The number of allylic oxidation sites excluding steroid dienone is 1. The lowest BCUT2D eigenvalue weighted by atomic mass is 9.93. The number of carbonyl (C=O) groups is 2. The van der Waals surface area contributed by atoms with Gasteiger partial charge in [0.15, 0.2) is 0 Å². The number of nitrogens with zero attached hydrogens (tertiary/aromatic N) is 1. The third-order valence-electron chi connectivity index (χ3n) is 4.26. The van der Waals surface area contributed by atoms with E-state index in [0.29, 0.717) is 10.6 Å². The Labute approximate surface area is 166 Å². The topological polar surface area (TPSA) is 82.0 Å². The molecule has 138 valence electrons. The van der Waals surface area contributed by atoms with Gasteiger partial charge in [0.25, 0.3) is 0 Å². The Morgan fingerprint density at radius 2 is 2.19 bits per heavy atom. The summed E-state index contributed by atoms with van der Waals surface area (Å²) in [5.74, 6) is -0.421. The fraction of sp³-hybridized carbons (Fsp3) is 0.250. The van der Waals surface area contributed by atoms with Gasteiger partial charge in [-0.05, 0) is 29.5 Å². The average molecular weight is 398 g/mol. The van der Waals surface area contributed by atoms with Crippen molar-refractivity contribution in [3.63, 3.8) is 0 Å². The Morgan fingerprint density at radius 3 is 2.89 bits per heavy atom. The second kappa shape index (κ2) is 8.89. The maximum atomic E-state index is 12.4. The summed E-state index contributed by atoms with van der Waals surface area (Å²) in [7, 11) is 0. The van der Waals surface area contributed by atoms with Crippen molar-refractivity contribution in [3.8, 4) is 6.07 Å². The van der Waals surface area contributed by atoms with E-state index < -0.39 is 0 Å². The van der Waals surface area contributed by atoms with Crippen molar-refractivity contribution in [2.75, 3.05) is 11.1 Å². The number of nitriles is 1. The van der Waals surface area contributed by atoms with E-state index in [4.69, 9.17) is 0 Å². The fourth-order valence-electron chi connectivity index (χ4n) is 2.94. The van der Waals surface area contributed by atoms with E-state index in [1.807, 2.05) is 48.7 Å². The number of para-hydroxylation sites is 1. The van der Waals surface area contributed by atoms with Gasteiger partial charge in [-0.2, -0.15) is 5.26 Å². The van der Waals surface area contributed by atoms with Crippen molar-refractivity contribution in [2.45, 2.75) is 25.7 Å². The molecule has 7 heteroatoms. The average Bonchev–Trinajstić information content (AvgIpc) is 3.21. The molecule has 0 spiro atoms. The van der Waals surface area contributed by atoms with Gasteiger partial charge in [-0.15, -0.1) is 11.3 Å². The molecule has 1 atom stereocenters. The molecule has 27 heavy (non-hydrogen) atoms. The number of hydrogen-bond donors (Lipinski definition) is 2. The molecule has 2 heterocycles. The van der Waals surface area contributed by atoms with Gasteiger partial charge in [-0.3, -0.25) is 9.59 Å². The maximum Gasteiger partial charge on any atom is 0.234 e. The third-order valence-corrected chi connectivity index (χ3v) is 6.27. The minimum absolute atomic E-state index is 0.121. The predicted octanol–water partition coefficient (Wildman–Crippen LogP) is 4.02. The van der Waals surface area contributed by atoms with E-state index >= 15 is 0 Å². The zero-order valence-electron chi connectivity index (χ0n) is 14.8. The third kappa shape index (κ3) is 4.59. The van der Waals surface area contributed by atoms with Gasteiger partial charge in [0.05, 0.1) is 22.4 Å². The lowest BCUT2D eigenvalue weighted by Crippen LogP contribution is -2.31. The van der Waals surface area contributed by atoms with Gasteiger partial charge in [0.2, 0.25) is 11.8 Å². The highest BCUT2D eigenvalue weighted by atomic mass is 32.2. The number of carbonyl (C=O) groups excluding carboxylic acids is 2. The van der Waals surface area contributed by atoms with Gasteiger partial charge >= 0.3 is 0 Å². The zero-order valence-corrected chi connectivity index (χ0v) is 16.5. The van der Waals surface area contributed by atoms with Crippen LogP contribution in [0.3, 0.4) is 0 Å². The summed E-state index contributed by atoms with van der Waals surface area (Å²) < 4.78 is 0. The molecule has 2 amide bonds. The molecule has 0 fully saturated rings. The van der Waals surface area contributed by atoms with Gasteiger partial charge in [0.1, 0.15) is 0 Å². The van der Waals surface area contributed by atoms with Crippen molar-refractivity contribution < 1.29 is 9.59 Å². The maximum absolute atomic E-state index is 12.4. The molecule has 1 aliphatic rings. The second-order valence-electron chi connectivity index (χ2n) is 6.02. The number of amides is 2. The Kier molecular flexibility index (Phi) is 6.32. The molecule has 1 aliphatic heterocycles. The van der Waals surface area contributed by atoms with Crippen molar-refractivity contribution in [2.24, 2.45) is 0 Å². The van der Waals surface area contributed by atoms with Gasteiger partial charge in [-0.1, -0.05) is 43.0 Å². The molecule has 0 aliphatic carbocycles. The van der Waals surface area contributed by atoms with E-state index in [1.165, 1.54) is 23.1 Å². The Bertz CT molecular complexity index is 914. The van der Waals surface area contributed by atoms with Crippen LogP contribution in [0, 0.1) is 11.3 Å². The van der Waals surface area contributed by atoms with Crippen LogP contribution in [-0.2, 0) is 16.0 Å². The Morgan fingerprint density at radius 1 is 1.37 bits per heavy atom. The Balaban J connectivity index is 1.72. The van der Waals surface area contributed by atoms with Crippen LogP contribution < -0.4 is 10.6 Å². The van der Waals surface area contributed by atoms with Crippen LogP contribution in [0.5, 0.6) is 0 Å². The molecule has 1 aromatic carbocycles. The molecular weight excluding hydrogens is 378 g/mol. The SMILES string of the molecule is CCc1ccccc1NC(=O)CSC1=C(C#N)[C@H](c2cccs2)CC(=O)N1. The van der Waals surface area contributed by atoms with Crippen LogP contribution in [0.4, 0.5) is 5.69 Å². The minimum Gasteiger partial charge on any atom is -0.325 e. The standard InChI is InChI=1S/C20H19N3O2S2/c1-2-13-6-3-4-7-16(13)22-19(25)12-27-20-15(11-21)14(10-18(24)23-20)17-8-5-9-26-17/h3-9,14H,2,10,12H2,1H3,(H,22,25)(H,23,24)/t14-/m1/s1. The lowest BCUT2D eigenvalue weighted by Gasteiger charge is -2.23. The van der Waals surface area contributed by atoms with Crippen LogP contribution in [0.15, 0.2) is 52.4 Å². The molecule has 0 saturated carbocycles. The Hall–Kier alpha value is -2.56. The van der Waals surface area contributed by atoms with Crippen LogP contribution in [0.25, 0.3) is 0 Å². The fourth-order valence-corrected chi connectivity index (χ4v) is 4.65. The molecule has 3 rings (SSSR count). The summed E-state index contributed by atoms with van der Waals surface area (Å²) >= 11 is 2.72. The first kappa shape index (κ1) is 19.2. The number of anilines is 1. The normalized spacial score (nSPS) is 16.6. The van der Waals surface area contributed by atoms with Gasteiger partial charge in [0, 0.05) is 22.9 Å². The quantitative estimate of drug-likeness (QED) is 0.771. The van der Waals surface area contributed by atoms with Crippen molar-refractivity contribution in [1.29, 1.82) is 5.26 Å². The lowest BCUT2D eigenvalue weighted by molar-refractivity contribution is -0.121. The van der Waals surface area contributed by atoms with Crippen LogP contribution in [0.1, 0.15) is 29.7 Å². The summed E-state index contributed by atoms with van der Waals surface area (Å²) in [6.07, 6.45) is 1.08. The molecule has 1 aromatic heterocycles. The number of nitrogens with one attached hydrogen (secondary N) is 2. The molecule has 2 N–H and O–H groups in total. The summed E-state index contributed by atoms with van der Waals surface area (Å²) in [5.41, 5.74) is 2.38. The monoisotopic (exact) mass is 397 g/mol. The zero-order chi connectivity index (χ0) is 19.2. The number of thiophene rings is 1. The number of aryl methyl sites for hydroxylation is 1. The summed E-state index contributed by atoms with van der Waals surface area (Å²) in [6, 6.07) is 13.7. The molecule has 0 saturated heterocycles. The highest BCUT2D eigenvalue weighted by Gasteiger charge is 2.30. The van der Waals surface area contributed by atoms with Crippen LogP contribution in [-0.4, -0.2) is 17.6 Å². The van der Waals surface area contributed by atoms with Crippen molar-refractivity contribution in [3.05, 3.63) is 62.8 Å². The molecule has 5 nitrogen and oxygen atoms in total. The summed E-state index contributed by atoms with van der Waals surface area (Å²) in [5, 5.41) is 17.7. The summed E-state index contributed by atoms with van der Waals surface area (Å²) in [4.78, 5) is 25.4. The minimum atomic E-state index is -0.241. The first-order valence-electron chi connectivity index (χ1n) is 8.60. The van der Waals surface area contributed by atoms with E-state index in [0.717, 1.165) is 22.5 Å². The largest absolute Gasteiger partial charge is 0.325 e. The summed E-state index contributed by atoms with van der Waals surface area (Å²) in [6.45, 7) is 2.03. The highest BCUT2D eigenvalue weighted by Crippen LogP contribution is 2.37. The number of rotatable bonds is 6.